The topological polar surface area (TPSA) is 79.4 Å². The molecule has 2 aromatic carbocycles. The molecule has 1 heterocycles. The van der Waals surface area contributed by atoms with Gasteiger partial charge in [0.25, 0.3) is 5.91 Å². The lowest BCUT2D eigenvalue weighted by Crippen LogP contribution is -2.24. The summed E-state index contributed by atoms with van der Waals surface area (Å²) in [7, 11) is 1.81. The number of nitrogens with zero attached hydrogens (tertiary/aromatic N) is 3. The van der Waals surface area contributed by atoms with E-state index >= 15 is 0 Å². The SMILES string of the molecule is Cc1c(/C=N\NC(=O)COc2ccccc2Cc2ccccc2)cc(C#N)n1C. The summed E-state index contributed by atoms with van der Waals surface area (Å²) in [4.78, 5) is 12.1. The van der Waals surface area contributed by atoms with Crippen LogP contribution in [0.3, 0.4) is 0 Å². The Bertz CT molecular complexity index is 1060. The number of hydrogen-bond donors (Lipinski definition) is 1. The molecule has 0 saturated carbocycles. The van der Waals surface area contributed by atoms with Gasteiger partial charge in [0.2, 0.25) is 0 Å². The van der Waals surface area contributed by atoms with Crippen LogP contribution in [0.1, 0.15) is 28.1 Å². The van der Waals surface area contributed by atoms with Crippen LogP contribution < -0.4 is 10.2 Å². The lowest BCUT2D eigenvalue weighted by molar-refractivity contribution is -0.123. The van der Waals surface area contributed by atoms with Crippen molar-refractivity contribution in [2.75, 3.05) is 6.61 Å². The Morgan fingerprint density at radius 3 is 2.66 bits per heavy atom. The van der Waals surface area contributed by atoms with Gasteiger partial charge in [-0.15, -0.1) is 0 Å². The molecule has 0 aliphatic heterocycles. The van der Waals surface area contributed by atoms with Gasteiger partial charge in [0.15, 0.2) is 6.61 Å². The number of amides is 1. The monoisotopic (exact) mass is 386 g/mol. The van der Waals surface area contributed by atoms with E-state index in [9.17, 15) is 4.79 Å². The molecule has 0 unspecified atom stereocenters. The molecular formula is C23H22N4O2. The quantitative estimate of drug-likeness (QED) is 0.500. The second-order valence-electron chi connectivity index (χ2n) is 6.59. The number of nitrogens with one attached hydrogen (secondary N) is 1. The van der Waals surface area contributed by atoms with Crippen LogP contribution in [-0.2, 0) is 18.3 Å². The van der Waals surface area contributed by atoms with E-state index in [0.717, 1.165) is 23.2 Å². The first-order valence-electron chi connectivity index (χ1n) is 9.21. The standard InChI is InChI=1S/C23H22N4O2/c1-17-20(13-21(14-24)27(17)2)15-25-26-23(28)16-29-22-11-7-6-10-19(22)12-18-8-4-3-5-9-18/h3-11,13,15H,12,16H2,1-2H3,(H,26,28)/b25-15-. The predicted molar refractivity (Wildman–Crippen MR) is 112 cm³/mol. The molecule has 29 heavy (non-hydrogen) atoms. The number of rotatable bonds is 7. The van der Waals surface area contributed by atoms with E-state index in [1.54, 1.807) is 10.6 Å². The summed E-state index contributed by atoms with van der Waals surface area (Å²) >= 11 is 0. The molecule has 6 nitrogen and oxygen atoms in total. The molecule has 6 heteroatoms. The number of hydrazone groups is 1. The van der Waals surface area contributed by atoms with Crippen molar-refractivity contribution < 1.29 is 9.53 Å². The first-order valence-corrected chi connectivity index (χ1v) is 9.21. The highest BCUT2D eigenvalue weighted by atomic mass is 16.5. The molecule has 0 bridgehead atoms. The van der Waals surface area contributed by atoms with Crippen molar-refractivity contribution in [2.24, 2.45) is 12.1 Å². The number of nitriles is 1. The zero-order valence-corrected chi connectivity index (χ0v) is 16.4. The van der Waals surface area contributed by atoms with Crippen LogP contribution in [0.4, 0.5) is 0 Å². The minimum absolute atomic E-state index is 0.139. The lowest BCUT2D eigenvalue weighted by Gasteiger charge is -2.11. The van der Waals surface area contributed by atoms with Crippen molar-refractivity contribution in [3.05, 3.63) is 88.7 Å². The predicted octanol–water partition coefficient (Wildman–Crippen LogP) is 3.33. The third kappa shape index (κ3) is 5.11. The molecule has 3 rings (SSSR count). The maximum atomic E-state index is 12.1. The highest BCUT2D eigenvalue weighted by Gasteiger charge is 2.08. The fourth-order valence-electron chi connectivity index (χ4n) is 2.92. The Balaban J connectivity index is 1.57. The Hall–Kier alpha value is -3.85. The number of benzene rings is 2. The number of carbonyl (C=O) groups is 1. The highest BCUT2D eigenvalue weighted by Crippen LogP contribution is 2.21. The summed E-state index contributed by atoms with van der Waals surface area (Å²) in [6.45, 7) is 1.75. The van der Waals surface area contributed by atoms with Crippen molar-refractivity contribution in [3.8, 4) is 11.8 Å². The molecule has 0 aliphatic rings. The number of ether oxygens (including phenoxy) is 1. The molecule has 1 aromatic heterocycles. The summed E-state index contributed by atoms with van der Waals surface area (Å²) in [5, 5.41) is 13.0. The first kappa shape index (κ1) is 19.9. The van der Waals surface area contributed by atoms with Crippen molar-refractivity contribution in [2.45, 2.75) is 13.3 Å². The van der Waals surface area contributed by atoms with E-state index in [2.05, 4.69) is 28.7 Å². The van der Waals surface area contributed by atoms with E-state index in [0.29, 0.717) is 11.4 Å². The summed E-state index contributed by atoms with van der Waals surface area (Å²) in [5.74, 6) is 0.318. The lowest BCUT2D eigenvalue weighted by atomic mass is 10.0. The molecule has 3 aromatic rings. The molecule has 0 radical (unpaired) electrons. The summed E-state index contributed by atoms with van der Waals surface area (Å²) < 4.78 is 7.48. The smallest absolute Gasteiger partial charge is 0.277 e. The zero-order chi connectivity index (χ0) is 20.6. The Kier molecular flexibility index (Phi) is 6.43. The van der Waals surface area contributed by atoms with Gasteiger partial charge in [0.1, 0.15) is 17.5 Å². The molecule has 0 atom stereocenters. The summed E-state index contributed by atoms with van der Waals surface area (Å²) in [6, 6.07) is 21.6. The number of para-hydroxylation sites is 1. The van der Waals surface area contributed by atoms with Crippen molar-refractivity contribution in [3.63, 3.8) is 0 Å². The molecule has 0 fully saturated rings. The van der Waals surface area contributed by atoms with Crippen LogP contribution in [0.25, 0.3) is 0 Å². The fourth-order valence-corrected chi connectivity index (χ4v) is 2.92. The van der Waals surface area contributed by atoms with E-state index < -0.39 is 0 Å². The van der Waals surface area contributed by atoms with Gasteiger partial charge in [-0.3, -0.25) is 4.79 Å². The van der Waals surface area contributed by atoms with Gasteiger partial charge >= 0.3 is 0 Å². The Labute approximate surface area is 170 Å². The number of hydrogen-bond acceptors (Lipinski definition) is 4. The number of aromatic nitrogens is 1. The maximum absolute atomic E-state index is 12.1. The van der Waals surface area contributed by atoms with Gasteiger partial charge in [0.05, 0.1) is 6.21 Å². The van der Waals surface area contributed by atoms with Gasteiger partial charge < -0.3 is 9.30 Å². The van der Waals surface area contributed by atoms with Gasteiger partial charge in [-0.1, -0.05) is 48.5 Å². The largest absolute Gasteiger partial charge is 0.483 e. The molecular weight excluding hydrogens is 364 g/mol. The minimum atomic E-state index is -0.357. The molecule has 146 valence electrons. The Morgan fingerprint density at radius 2 is 1.93 bits per heavy atom. The molecule has 1 N–H and O–H groups in total. The van der Waals surface area contributed by atoms with Crippen molar-refractivity contribution in [1.29, 1.82) is 5.26 Å². The van der Waals surface area contributed by atoms with E-state index in [1.165, 1.54) is 11.8 Å². The van der Waals surface area contributed by atoms with Gasteiger partial charge in [-0.05, 0) is 30.2 Å². The second-order valence-corrected chi connectivity index (χ2v) is 6.59. The van der Waals surface area contributed by atoms with Crippen LogP contribution in [0, 0.1) is 18.3 Å². The molecule has 0 spiro atoms. The highest BCUT2D eigenvalue weighted by molar-refractivity contribution is 5.84. The molecule has 0 aliphatic carbocycles. The first-order chi connectivity index (χ1) is 14.1. The van der Waals surface area contributed by atoms with E-state index in [4.69, 9.17) is 10.00 Å². The van der Waals surface area contributed by atoms with E-state index in [1.807, 2.05) is 56.4 Å². The third-order valence-corrected chi connectivity index (χ3v) is 4.65. The minimum Gasteiger partial charge on any atom is -0.483 e. The van der Waals surface area contributed by atoms with Crippen LogP contribution in [0.5, 0.6) is 5.75 Å². The van der Waals surface area contributed by atoms with Crippen LogP contribution in [0.15, 0.2) is 65.8 Å². The van der Waals surface area contributed by atoms with Gasteiger partial charge in [-0.2, -0.15) is 10.4 Å². The summed E-state index contributed by atoms with van der Waals surface area (Å²) in [5.41, 5.74) is 6.85. The molecule has 0 saturated heterocycles. The van der Waals surface area contributed by atoms with Crippen LogP contribution in [-0.4, -0.2) is 23.3 Å². The molecule has 1 amide bonds. The average Bonchev–Trinajstić information content (AvgIpc) is 3.02. The van der Waals surface area contributed by atoms with E-state index in [-0.39, 0.29) is 12.5 Å². The second kappa shape index (κ2) is 9.38. The van der Waals surface area contributed by atoms with Crippen molar-refractivity contribution in [1.82, 2.24) is 9.99 Å². The van der Waals surface area contributed by atoms with Crippen molar-refractivity contribution >= 4 is 12.1 Å². The maximum Gasteiger partial charge on any atom is 0.277 e. The average molecular weight is 386 g/mol. The normalized spacial score (nSPS) is 10.7. The third-order valence-electron chi connectivity index (χ3n) is 4.65. The Morgan fingerprint density at radius 1 is 1.21 bits per heavy atom. The zero-order valence-electron chi connectivity index (χ0n) is 16.4. The van der Waals surface area contributed by atoms with Crippen LogP contribution in [0.2, 0.25) is 0 Å². The fraction of sp³-hybridized carbons (Fsp3) is 0.174. The van der Waals surface area contributed by atoms with Gasteiger partial charge in [0, 0.05) is 24.7 Å². The number of carbonyl (C=O) groups excluding carboxylic acids is 1. The van der Waals surface area contributed by atoms with Gasteiger partial charge in [-0.25, -0.2) is 5.43 Å². The van der Waals surface area contributed by atoms with Crippen LogP contribution >= 0.6 is 0 Å². The summed E-state index contributed by atoms with van der Waals surface area (Å²) in [6.07, 6.45) is 2.25.